The Labute approximate surface area is 131 Å². The van der Waals surface area contributed by atoms with Crippen LogP contribution in [0.5, 0.6) is 5.75 Å². The highest BCUT2D eigenvalue weighted by atomic mass is 79.9. The average Bonchev–Trinajstić information content (AvgIpc) is 2.42. The summed E-state index contributed by atoms with van der Waals surface area (Å²) in [6.45, 7) is 2.24. The SMILES string of the molecule is CCCCCCCCCCP(=O)(Br)Oc1ccccc1. The fourth-order valence-corrected chi connectivity index (χ4v) is 4.50. The van der Waals surface area contributed by atoms with Crippen molar-refractivity contribution in [2.75, 3.05) is 6.16 Å². The van der Waals surface area contributed by atoms with Crippen LogP contribution in [0.1, 0.15) is 58.3 Å². The zero-order chi connectivity index (χ0) is 14.7. The minimum Gasteiger partial charge on any atom is -0.436 e. The van der Waals surface area contributed by atoms with Crippen molar-refractivity contribution in [1.29, 1.82) is 0 Å². The number of hydrogen-bond donors (Lipinski definition) is 0. The molecule has 0 amide bonds. The summed E-state index contributed by atoms with van der Waals surface area (Å²) < 4.78 is 17.8. The third kappa shape index (κ3) is 8.81. The third-order valence-corrected chi connectivity index (χ3v) is 6.10. The normalized spacial score (nSPS) is 13.9. The molecule has 1 atom stereocenters. The summed E-state index contributed by atoms with van der Waals surface area (Å²) in [5, 5.41) is 0. The van der Waals surface area contributed by atoms with Crippen LogP contribution in [0.15, 0.2) is 30.3 Å². The Hall–Kier alpha value is -0.270. The van der Waals surface area contributed by atoms with Crippen LogP contribution in [0, 0.1) is 0 Å². The van der Waals surface area contributed by atoms with E-state index in [1.807, 2.05) is 30.3 Å². The van der Waals surface area contributed by atoms with Crippen LogP contribution in [0.25, 0.3) is 0 Å². The standard InChI is InChI=1S/C16H26BrO2P/c1-2-3-4-5-6-7-8-12-15-20(17,18)19-16-13-10-9-11-14-16/h9-11,13-14H,2-8,12,15H2,1H3. The summed E-state index contributed by atoms with van der Waals surface area (Å²) in [5.41, 5.74) is 0. The van der Waals surface area contributed by atoms with Crippen molar-refractivity contribution in [3.8, 4) is 5.75 Å². The first kappa shape index (κ1) is 17.8. The molecule has 0 aliphatic carbocycles. The predicted molar refractivity (Wildman–Crippen MR) is 91.1 cm³/mol. The molecule has 1 rings (SSSR count). The maximum absolute atomic E-state index is 12.3. The molecule has 20 heavy (non-hydrogen) atoms. The monoisotopic (exact) mass is 360 g/mol. The van der Waals surface area contributed by atoms with Gasteiger partial charge in [-0.15, -0.1) is 0 Å². The van der Waals surface area contributed by atoms with E-state index in [0.717, 1.165) is 12.8 Å². The van der Waals surface area contributed by atoms with Crippen molar-refractivity contribution >= 4 is 21.6 Å². The summed E-state index contributed by atoms with van der Waals surface area (Å²) in [5.74, 6) is 0.673. The lowest BCUT2D eigenvalue weighted by atomic mass is 10.1. The van der Waals surface area contributed by atoms with Crippen molar-refractivity contribution in [2.24, 2.45) is 0 Å². The molecule has 0 aliphatic heterocycles. The zero-order valence-corrected chi connectivity index (χ0v) is 14.9. The summed E-state index contributed by atoms with van der Waals surface area (Å²) in [7, 11) is 0. The lowest BCUT2D eigenvalue weighted by Crippen LogP contribution is -1.93. The second-order valence-electron chi connectivity index (χ2n) is 5.19. The Morgan fingerprint density at radius 3 is 2.10 bits per heavy atom. The van der Waals surface area contributed by atoms with E-state index in [9.17, 15) is 4.57 Å². The minimum absolute atomic E-state index is 0.608. The molecule has 4 heteroatoms. The van der Waals surface area contributed by atoms with Gasteiger partial charge in [0.1, 0.15) is 5.75 Å². The molecule has 1 aromatic carbocycles. The fourth-order valence-electron chi connectivity index (χ4n) is 2.12. The second kappa shape index (κ2) is 10.5. The van der Waals surface area contributed by atoms with Crippen LogP contribution >= 0.6 is 21.6 Å². The molecular formula is C16H26BrO2P. The Morgan fingerprint density at radius 2 is 1.50 bits per heavy atom. The lowest BCUT2D eigenvalue weighted by Gasteiger charge is -2.13. The molecule has 1 aromatic rings. The highest BCUT2D eigenvalue weighted by Gasteiger charge is 2.19. The largest absolute Gasteiger partial charge is 0.436 e. The summed E-state index contributed by atoms with van der Waals surface area (Å²) >= 11 is 3.26. The Kier molecular flexibility index (Phi) is 9.30. The van der Waals surface area contributed by atoms with Gasteiger partial charge >= 0.3 is 6.07 Å². The number of halogens is 1. The van der Waals surface area contributed by atoms with Crippen molar-refractivity contribution in [2.45, 2.75) is 58.3 Å². The summed E-state index contributed by atoms with van der Waals surface area (Å²) in [6.07, 6.45) is 7.91. The zero-order valence-electron chi connectivity index (χ0n) is 12.4. The van der Waals surface area contributed by atoms with Crippen molar-refractivity contribution < 1.29 is 9.09 Å². The Morgan fingerprint density at radius 1 is 0.950 bits per heavy atom. The predicted octanol–water partition coefficient (Wildman–Crippen LogP) is 6.79. The molecule has 0 fully saturated rings. The Balaban J connectivity index is 2.09. The third-order valence-electron chi connectivity index (χ3n) is 3.26. The van der Waals surface area contributed by atoms with Gasteiger partial charge < -0.3 is 4.52 Å². The van der Waals surface area contributed by atoms with Gasteiger partial charge in [0.05, 0.1) is 0 Å². The number of hydrogen-bond acceptors (Lipinski definition) is 2. The highest BCUT2D eigenvalue weighted by molar-refractivity contribution is 9.39. The number of benzene rings is 1. The summed E-state index contributed by atoms with van der Waals surface area (Å²) in [6, 6.07) is 9.37. The molecule has 0 heterocycles. The number of para-hydroxylation sites is 1. The maximum Gasteiger partial charge on any atom is 0.310 e. The molecule has 0 radical (unpaired) electrons. The number of rotatable bonds is 11. The van der Waals surface area contributed by atoms with E-state index in [4.69, 9.17) is 4.52 Å². The highest BCUT2D eigenvalue weighted by Crippen LogP contribution is 2.55. The fraction of sp³-hybridized carbons (Fsp3) is 0.625. The first-order valence-electron chi connectivity index (χ1n) is 7.67. The van der Waals surface area contributed by atoms with E-state index in [0.29, 0.717) is 11.9 Å². The van der Waals surface area contributed by atoms with Gasteiger partial charge in [0.25, 0.3) is 0 Å². The van der Waals surface area contributed by atoms with E-state index in [-0.39, 0.29) is 0 Å². The van der Waals surface area contributed by atoms with Crippen LogP contribution in [0.2, 0.25) is 0 Å². The molecule has 1 unspecified atom stereocenters. The van der Waals surface area contributed by atoms with Crippen LogP contribution in [-0.4, -0.2) is 6.16 Å². The number of unbranched alkanes of at least 4 members (excludes halogenated alkanes) is 7. The first-order chi connectivity index (χ1) is 9.64. The smallest absolute Gasteiger partial charge is 0.310 e. The van der Waals surface area contributed by atoms with Gasteiger partial charge in [0.2, 0.25) is 0 Å². The second-order valence-corrected chi connectivity index (χ2v) is 10.2. The molecule has 0 aliphatic rings. The lowest BCUT2D eigenvalue weighted by molar-refractivity contribution is 0.496. The van der Waals surface area contributed by atoms with Gasteiger partial charge in [-0.3, -0.25) is 4.57 Å². The van der Waals surface area contributed by atoms with Gasteiger partial charge in [-0.25, -0.2) is 0 Å². The van der Waals surface area contributed by atoms with E-state index in [2.05, 4.69) is 22.4 Å². The van der Waals surface area contributed by atoms with E-state index < -0.39 is 6.07 Å². The maximum atomic E-state index is 12.3. The minimum atomic E-state index is -2.67. The molecule has 2 nitrogen and oxygen atoms in total. The van der Waals surface area contributed by atoms with Crippen LogP contribution in [-0.2, 0) is 4.57 Å². The van der Waals surface area contributed by atoms with Crippen molar-refractivity contribution in [3.63, 3.8) is 0 Å². The van der Waals surface area contributed by atoms with Crippen LogP contribution < -0.4 is 4.52 Å². The van der Waals surface area contributed by atoms with Crippen LogP contribution in [0.4, 0.5) is 0 Å². The molecule has 114 valence electrons. The first-order valence-corrected chi connectivity index (χ1v) is 11.5. The molecule has 0 bridgehead atoms. The van der Waals surface area contributed by atoms with E-state index in [1.54, 1.807) is 0 Å². The molecule has 0 spiro atoms. The topological polar surface area (TPSA) is 26.3 Å². The summed E-state index contributed by atoms with van der Waals surface area (Å²) in [4.78, 5) is 0. The van der Waals surface area contributed by atoms with Gasteiger partial charge in [-0.05, 0) is 18.6 Å². The van der Waals surface area contributed by atoms with E-state index in [1.165, 1.54) is 38.5 Å². The van der Waals surface area contributed by atoms with E-state index >= 15 is 0 Å². The Bertz CT molecular complexity index is 395. The molecule has 0 aromatic heterocycles. The van der Waals surface area contributed by atoms with Crippen molar-refractivity contribution in [3.05, 3.63) is 30.3 Å². The van der Waals surface area contributed by atoms with Crippen molar-refractivity contribution in [1.82, 2.24) is 0 Å². The van der Waals surface area contributed by atoms with Crippen LogP contribution in [0.3, 0.4) is 0 Å². The van der Waals surface area contributed by atoms with Gasteiger partial charge in [-0.2, -0.15) is 0 Å². The van der Waals surface area contributed by atoms with Gasteiger partial charge in [0.15, 0.2) is 0 Å². The molecule has 0 saturated carbocycles. The van der Waals surface area contributed by atoms with Gasteiger partial charge in [-0.1, -0.05) is 70.1 Å². The molecular weight excluding hydrogens is 335 g/mol. The average molecular weight is 361 g/mol. The quantitative estimate of drug-likeness (QED) is 0.320. The molecule has 0 N–H and O–H groups in total. The van der Waals surface area contributed by atoms with Gasteiger partial charge in [0, 0.05) is 21.7 Å². The molecule has 0 saturated heterocycles.